The Balaban J connectivity index is 1.99. The molecule has 0 saturated carbocycles. The van der Waals surface area contributed by atoms with Crippen molar-refractivity contribution in [2.24, 2.45) is 5.92 Å². The van der Waals surface area contributed by atoms with Crippen molar-refractivity contribution < 1.29 is 19.1 Å². The average molecular weight is 486 g/mol. The molecule has 0 spiro atoms. The van der Waals surface area contributed by atoms with E-state index in [4.69, 9.17) is 4.43 Å². The molecule has 1 aliphatic heterocycles. The highest BCUT2D eigenvalue weighted by atomic mass is 28.4. The van der Waals surface area contributed by atoms with Gasteiger partial charge in [-0.3, -0.25) is 14.5 Å². The van der Waals surface area contributed by atoms with Gasteiger partial charge in [0.15, 0.2) is 8.32 Å². The molecule has 2 amide bonds. The molecule has 9 nitrogen and oxygen atoms in total. The number of carbonyl (C=O) groups excluding carboxylic acids is 1. The van der Waals surface area contributed by atoms with E-state index < -0.39 is 26.4 Å². The second-order valence-corrected chi connectivity index (χ2v) is 15.0. The number of nitrogens with one attached hydrogen (secondary N) is 2. The standard InChI is InChI=1S/C24H35N5O4Si/c1-16-8-7-9-18(28-23(31)32)19-14-17(10-11-25-19)21-20(27-22(16)30)15-26-29(21)12-13-33-34(5,6)24(2,3)4/h7-8,10-11,14-16,18,28H,9,12-13H2,1-6H3,(H,27,30)(H,31,32)/t16-,18+/m1/s1. The van der Waals surface area contributed by atoms with Gasteiger partial charge >= 0.3 is 6.09 Å². The predicted octanol–water partition coefficient (Wildman–Crippen LogP) is 4.81. The molecule has 0 fully saturated rings. The van der Waals surface area contributed by atoms with Gasteiger partial charge in [0.25, 0.3) is 0 Å². The molecule has 3 N–H and O–H groups in total. The van der Waals surface area contributed by atoms with Crippen LogP contribution in [0.15, 0.2) is 36.7 Å². The van der Waals surface area contributed by atoms with E-state index >= 15 is 0 Å². The lowest BCUT2D eigenvalue weighted by atomic mass is 10.0. The highest BCUT2D eigenvalue weighted by Crippen LogP contribution is 2.37. The molecule has 0 unspecified atom stereocenters. The van der Waals surface area contributed by atoms with Gasteiger partial charge in [-0.05, 0) is 36.7 Å². The topological polar surface area (TPSA) is 118 Å². The van der Waals surface area contributed by atoms with Crippen LogP contribution in [0.3, 0.4) is 0 Å². The number of fused-ring (bicyclic) bond motifs is 4. The zero-order chi connectivity index (χ0) is 25.1. The van der Waals surface area contributed by atoms with E-state index in [2.05, 4.69) is 54.6 Å². The Morgan fingerprint density at radius 3 is 2.79 bits per heavy atom. The van der Waals surface area contributed by atoms with E-state index in [1.165, 1.54) is 0 Å². The Labute approximate surface area is 201 Å². The molecule has 2 atom stereocenters. The maximum absolute atomic E-state index is 12.8. The van der Waals surface area contributed by atoms with Crippen molar-refractivity contribution in [3.05, 3.63) is 42.4 Å². The summed E-state index contributed by atoms with van der Waals surface area (Å²) < 4.78 is 8.17. The molecule has 3 heterocycles. The lowest BCUT2D eigenvalue weighted by molar-refractivity contribution is -0.118. The number of anilines is 1. The lowest BCUT2D eigenvalue weighted by Gasteiger charge is -2.36. The number of amides is 2. The summed E-state index contributed by atoms with van der Waals surface area (Å²) in [7, 11) is -1.92. The molecule has 0 radical (unpaired) electrons. The minimum atomic E-state index is -1.92. The van der Waals surface area contributed by atoms with Crippen LogP contribution < -0.4 is 10.6 Å². The van der Waals surface area contributed by atoms with Crippen molar-refractivity contribution in [3.63, 3.8) is 0 Å². The molecule has 34 heavy (non-hydrogen) atoms. The molecule has 3 rings (SSSR count). The highest BCUT2D eigenvalue weighted by molar-refractivity contribution is 6.74. The molecule has 0 aliphatic carbocycles. The van der Waals surface area contributed by atoms with Crippen LogP contribution in [0.1, 0.15) is 45.9 Å². The molecule has 2 aromatic rings. The molecule has 2 aromatic heterocycles. The van der Waals surface area contributed by atoms with E-state index in [0.29, 0.717) is 31.0 Å². The molecule has 2 bridgehead atoms. The third-order valence-corrected chi connectivity index (χ3v) is 11.1. The van der Waals surface area contributed by atoms with E-state index in [9.17, 15) is 14.7 Å². The Bertz CT molecular complexity index is 1070. The van der Waals surface area contributed by atoms with Gasteiger partial charge < -0.3 is 20.2 Å². The Kier molecular flexibility index (Phi) is 7.62. The van der Waals surface area contributed by atoms with Crippen LogP contribution in [-0.4, -0.2) is 46.8 Å². The predicted molar refractivity (Wildman–Crippen MR) is 134 cm³/mol. The fraction of sp³-hybridized carbons (Fsp3) is 0.500. The van der Waals surface area contributed by atoms with Crippen LogP contribution >= 0.6 is 0 Å². The fourth-order valence-electron chi connectivity index (χ4n) is 3.50. The Hall–Kier alpha value is -2.98. The van der Waals surface area contributed by atoms with Crippen LogP contribution in [0.2, 0.25) is 18.1 Å². The number of hydrogen-bond donors (Lipinski definition) is 3. The first-order valence-electron chi connectivity index (χ1n) is 11.5. The summed E-state index contributed by atoms with van der Waals surface area (Å²) in [6.45, 7) is 13.8. The number of rotatable bonds is 5. The highest BCUT2D eigenvalue weighted by Gasteiger charge is 2.37. The second kappa shape index (κ2) is 10.1. The molecule has 0 aromatic carbocycles. The zero-order valence-electron chi connectivity index (χ0n) is 20.8. The normalized spacial score (nSPS) is 18.9. The number of carboxylic acid groups (broad SMARTS) is 1. The van der Waals surface area contributed by atoms with Gasteiger partial charge in [0.2, 0.25) is 5.91 Å². The maximum atomic E-state index is 12.8. The van der Waals surface area contributed by atoms with Gasteiger partial charge in [-0.15, -0.1) is 0 Å². The van der Waals surface area contributed by atoms with Crippen molar-refractivity contribution in [2.75, 3.05) is 11.9 Å². The van der Waals surface area contributed by atoms with Gasteiger partial charge in [0.1, 0.15) is 0 Å². The lowest BCUT2D eigenvalue weighted by Crippen LogP contribution is -2.41. The molecule has 184 valence electrons. The van der Waals surface area contributed by atoms with Crippen LogP contribution in [0.25, 0.3) is 11.3 Å². The fourth-order valence-corrected chi connectivity index (χ4v) is 4.53. The van der Waals surface area contributed by atoms with Crippen LogP contribution in [-0.2, 0) is 15.8 Å². The van der Waals surface area contributed by atoms with E-state index in [1.54, 1.807) is 25.4 Å². The minimum Gasteiger partial charge on any atom is -0.465 e. The summed E-state index contributed by atoms with van der Waals surface area (Å²) >= 11 is 0. The minimum absolute atomic E-state index is 0.0999. The first kappa shape index (κ1) is 25.6. The van der Waals surface area contributed by atoms with E-state index in [0.717, 1.165) is 11.3 Å². The summed E-state index contributed by atoms with van der Waals surface area (Å²) in [4.78, 5) is 28.6. The maximum Gasteiger partial charge on any atom is 0.405 e. The summed E-state index contributed by atoms with van der Waals surface area (Å²) in [5, 5.41) is 19.5. The van der Waals surface area contributed by atoms with Crippen molar-refractivity contribution in [2.45, 2.75) is 64.8 Å². The number of nitrogens with zero attached hydrogens (tertiary/aromatic N) is 3. The largest absolute Gasteiger partial charge is 0.465 e. The third-order valence-electron chi connectivity index (χ3n) is 6.59. The smallest absolute Gasteiger partial charge is 0.405 e. The summed E-state index contributed by atoms with van der Waals surface area (Å²) in [5.41, 5.74) is 2.72. The Morgan fingerprint density at radius 1 is 1.38 bits per heavy atom. The molecule has 10 heteroatoms. The number of carbonyl (C=O) groups is 2. The summed E-state index contributed by atoms with van der Waals surface area (Å²) in [6, 6.07) is 3.15. The molecule has 0 saturated heterocycles. The van der Waals surface area contributed by atoms with Crippen molar-refractivity contribution in [3.8, 4) is 11.3 Å². The Morgan fingerprint density at radius 2 is 2.12 bits per heavy atom. The monoisotopic (exact) mass is 485 g/mol. The molecular formula is C24H35N5O4Si. The number of hydrogen-bond acceptors (Lipinski definition) is 5. The average Bonchev–Trinajstić information content (AvgIpc) is 3.13. The van der Waals surface area contributed by atoms with Crippen LogP contribution in [0.4, 0.5) is 10.5 Å². The van der Waals surface area contributed by atoms with Gasteiger partial charge in [-0.2, -0.15) is 5.10 Å². The van der Waals surface area contributed by atoms with Gasteiger partial charge in [0.05, 0.1) is 48.4 Å². The van der Waals surface area contributed by atoms with E-state index in [1.807, 2.05) is 22.9 Å². The van der Waals surface area contributed by atoms with Crippen molar-refractivity contribution >= 4 is 26.0 Å². The first-order chi connectivity index (χ1) is 15.9. The van der Waals surface area contributed by atoms with Gasteiger partial charge in [0, 0.05) is 11.8 Å². The van der Waals surface area contributed by atoms with Gasteiger partial charge in [-0.1, -0.05) is 39.8 Å². The van der Waals surface area contributed by atoms with Crippen LogP contribution in [0, 0.1) is 5.92 Å². The zero-order valence-corrected chi connectivity index (χ0v) is 21.8. The van der Waals surface area contributed by atoms with Crippen molar-refractivity contribution in [1.29, 1.82) is 0 Å². The summed E-state index contributed by atoms with van der Waals surface area (Å²) in [5.74, 6) is -0.554. The third kappa shape index (κ3) is 5.92. The molecular weight excluding hydrogens is 450 g/mol. The van der Waals surface area contributed by atoms with Crippen molar-refractivity contribution in [1.82, 2.24) is 20.1 Å². The molecule has 1 aliphatic rings. The number of pyridine rings is 1. The number of aromatic nitrogens is 3. The summed E-state index contributed by atoms with van der Waals surface area (Å²) in [6.07, 6.45) is 6.13. The van der Waals surface area contributed by atoms with Crippen LogP contribution in [0.5, 0.6) is 0 Å². The second-order valence-electron chi connectivity index (χ2n) is 10.2. The quantitative estimate of drug-likeness (QED) is 0.413. The first-order valence-corrected chi connectivity index (χ1v) is 14.4. The SMILES string of the molecule is C[C@@H]1C=CC[C@H](NC(=O)O)c2cc(ccn2)-c2c(cnn2CCO[Si](C)(C)C(C)(C)C)NC1=O. The van der Waals surface area contributed by atoms with Gasteiger partial charge in [-0.25, -0.2) is 4.79 Å². The van der Waals surface area contributed by atoms with E-state index in [-0.39, 0.29) is 10.9 Å².